The van der Waals surface area contributed by atoms with Crippen molar-refractivity contribution in [2.24, 2.45) is 0 Å². The van der Waals surface area contributed by atoms with Crippen molar-refractivity contribution in [2.75, 3.05) is 7.05 Å². The van der Waals surface area contributed by atoms with Crippen molar-refractivity contribution in [3.63, 3.8) is 0 Å². The minimum absolute atomic E-state index is 0.0974. The molecule has 6 heteroatoms. The summed E-state index contributed by atoms with van der Waals surface area (Å²) < 4.78 is 3.85. The highest BCUT2D eigenvalue weighted by atomic mass is 16.2. The Morgan fingerprint density at radius 3 is 2.70 bits per heavy atom. The van der Waals surface area contributed by atoms with E-state index in [9.17, 15) is 4.79 Å². The smallest absolute Gasteiger partial charge is 0.224 e. The van der Waals surface area contributed by atoms with Crippen molar-refractivity contribution >= 4 is 16.9 Å². The Balaban J connectivity index is 1.36. The highest BCUT2D eigenvalue weighted by molar-refractivity contribution is 5.77. The molecule has 0 atom stereocenters. The van der Waals surface area contributed by atoms with Crippen LogP contribution in [0.1, 0.15) is 12.0 Å². The van der Waals surface area contributed by atoms with Crippen molar-refractivity contribution < 1.29 is 4.79 Å². The van der Waals surface area contributed by atoms with E-state index in [1.54, 1.807) is 17.4 Å². The van der Waals surface area contributed by atoms with Gasteiger partial charge < -0.3 is 9.47 Å². The lowest BCUT2D eigenvalue weighted by atomic mass is 10.3. The van der Waals surface area contributed by atoms with Crippen LogP contribution < -0.4 is 0 Å². The predicted octanol–water partition coefficient (Wildman–Crippen LogP) is 3.27. The summed E-state index contributed by atoms with van der Waals surface area (Å²) in [5.74, 6) is 0.0974. The summed E-state index contributed by atoms with van der Waals surface area (Å²) >= 11 is 0. The molecule has 0 radical (unpaired) electrons. The first-order valence-corrected chi connectivity index (χ1v) is 8.93. The quantitative estimate of drug-likeness (QED) is 0.531. The van der Waals surface area contributed by atoms with Crippen molar-refractivity contribution in [3.8, 4) is 5.69 Å². The highest BCUT2D eigenvalue weighted by Crippen LogP contribution is 2.13. The molecule has 0 bridgehead atoms. The van der Waals surface area contributed by atoms with E-state index in [0.29, 0.717) is 19.5 Å². The van der Waals surface area contributed by atoms with E-state index < -0.39 is 0 Å². The fraction of sp³-hybridized carbons (Fsp3) is 0.190. The summed E-state index contributed by atoms with van der Waals surface area (Å²) in [6.45, 7) is 1.16. The molecule has 4 aromatic rings. The number of fused-ring (bicyclic) bond motifs is 1. The number of carbonyl (C=O) groups is 1. The zero-order valence-corrected chi connectivity index (χ0v) is 15.2. The van der Waals surface area contributed by atoms with Gasteiger partial charge in [0.25, 0.3) is 0 Å². The van der Waals surface area contributed by atoms with Gasteiger partial charge >= 0.3 is 0 Å². The Kier molecular flexibility index (Phi) is 4.70. The maximum atomic E-state index is 12.5. The summed E-state index contributed by atoms with van der Waals surface area (Å²) in [5.41, 5.74) is 4.01. The average molecular weight is 359 g/mol. The lowest BCUT2D eigenvalue weighted by Gasteiger charge is -2.16. The molecule has 2 heterocycles. The van der Waals surface area contributed by atoms with Crippen LogP contribution in [-0.2, 0) is 17.9 Å². The van der Waals surface area contributed by atoms with Gasteiger partial charge in [-0.1, -0.05) is 30.3 Å². The summed E-state index contributed by atoms with van der Waals surface area (Å²) in [5, 5.41) is 4.39. The Morgan fingerprint density at radius 1 is 1.07 bits per heavy atom. The third kappa shape index (κ3) is 3.74. The molecule has 4 rings (SSSR count). The van der Waals surface area contributed by atoms with Gasteiger partial charge in [0.05, 0.1) is 29.2 Å². The predicted molar refractivity (Wildman–Crippen MR) is 104 cm³/mol. The number of hydrogen-bond acceptors (Lipinski definition) is 3. The largest absolute Gasteiger partial charge is 0.341 e. The number of carbonyl (C=O) groups excluding carboxylic acids is 1. The molecule has 0 aliphatic rings. The van der Waals surface area contributed by atoms with Crippen LogP contribution in [0.4, 0.5) is 0 Å². The molecule has 0 unspecified atom stereocenters. The minimum atomic E-state index is 0.0974. The van der Waals surface area contributed by atoms with Crippen LogP contribution in [0.15, 0.2) is 73.3 Å². The maximum absolute atomic E-state index is 12.5. The second kappa shape index (κ2) is 7.45. The highest BCUT2D eigenvalue weighted by Gasteiger charge is 2.12. The van der Waals surface area contributed by atoms with Gasteiger partial charge in [-0.3, -0.25) is 4.79 Å². The van der Waals surface area contributed by atoms with Crippen LogP contribution in [0.5, 0.6) is 0 Å². The number of aryl methyl sites for hydroxylation is 1. The van der Waals surface area contributed by atoms with Crippen LogP contribution in [0.2, 0.25) is 0 Å². The summed E-state index contributed by atoms with van der Waals surface area (Å²) in [7, 11) is 1.83. The van der Waals surface area contributed by atoms with E-state index in [1.807, 2.05) is 77.1 Å². The summed E-state index contributed by atoms with van der Waals surface area (Å²) in [6.07, 6.45) is 5.99. The van der Waals surface area contributed by atoms with Crippen LogP contribution in [0, 0.1) is 0 Å². The van der Waals surface area contributed by atoms with Gasteiger partial charge in [0.15, 0.2) is 0 Å². The summed E-state index contributed by atoms with van der Waals surface area (Å²) in [4.78, 5) is 18.6. The van der Waals surface area contributed by atoms with Gasteiger partial charge in [0, 0.05) is 38.3 Å². The average Bonchev–Trinajstić information content (AvgIpc) is 3.34. The second-order valence-electron chi connectivity index (χ2n) is 6.56. The van der Waals surface area contributed by atoms with Crippen LogP contribution in [-0.4, -0.2) is 37.2 Å². The Hall–Kier alpha value is -3.41. The van der Waals surface area contributed by atoms with Gasteiger partial charge in [0.2, 0.25) is 5.91 Å². The molecular weight excluding hydrogens is 338 g/mol. The molecule has 0 N–H and O–H groups in total. The van der Waals surface area contributed by atoms with Gasteiger partial charge in [-0.15, -0.1) is 0 Å². The molecule has 0 aliphatic carbocycles. The van der Waals surface area contributed by atoms with Crippen molar-refractivity contribution in [2.45, 2.75) is 19.5 Å². The third-order valence-corrected chi connectivity index (χ3v) is 4.60. The minimum Gasteiger partial charge on any atom is -0.341 e. The van der Waals surface area contributed by atoms with E-state index in [0.717, 1.165) is 22.3 Å². The molecule has 0 aliphatic heterocycles. The lowest BCUT2D eigenvalue weighted by molar-refractivity contribution is -0.130. The van der Waals surface area contributed by atoms with Crippen LogP contribution in [0.3, 0.4) is 0 Å². The number of amides is 1. The van der Waals surface area contributed by atoms with E-state index in [4.69, 9.17) is 0 Å². The molecular formula is C21H21N5O. The van der Waals surface area contributed by atoms with Gasteiger partial charge in [-0.2, -0.15) is 5.10 Å². The lowest BCUT2D eigenvalue weighted by Crippen LogP contribution is -2.26. The number of imidazole rings is 1. The molecule has 6 nitrogen and oxygen atoms in total. The van der Waals surface area contributed by atoms with Gasteiger partial charge in [0.1, 0.15) is 0 Å². The molecule has 0 spiro atoms. The number of nitrogens with zero attached hydrogens (tertiary/aromatic N) is 5. The Labute approximate surface area is 157 Å². The zero-order chi connectivity index (χ0) is 18.6. The standard InChI is InChI=1S/C21H21N5O/c1-24(14-17-13-23-26(15-17)18-7-3-2-4-8-18)21(27)11-12-25-16-22-19-9-5-6-10-20(19)25/h2-10,13,15-16H,11-12,14H2,1H3. The van der Waals surface area contributed by atoms with Gasteiger partial charge in [-0.25, -0.2) is 9.67 Å². The van der Waals surface area contributed by atoms with Crippen molar-refractivity contribution in [3.05, 3.63) is 78.9 Å². The summed E-state index contributed by atoms with van der Waals surface area (Å²) in [6, 6.07) is 17.9. The number of aromatic nitrogens is 4. The number of rotatable bonds is 6. The van der Waals surface area contributed by atoms with E-state index in [1.165, 1.54) is 0 Å². The normalized spacial score (nSPS) is 11.0. The van der Waals surface area contributed by atoms with Crippen LogP contribution in [0.25, 0.3) is 16.7 Å². The van der Waals surface area contributed by atoms with Crippen molar-refractivity contribution in [1.82, 2.24) is 24.2 Å². The topological polar surface area (TPSA) is 56.0 Å². The SMILES string of the molecule is CN(Cc1cnn(-c2ccccc2)c1)C(=O)CCn1cnc2ccccc21. The van der Waals surface area contributed by atoms with E-state index in [2.05, 4.69) is 10.1 Å². The molecule has 27 heavy (non-hydrogen) atoms. The molecule has 0 saturated heterocycles. The molecule has 0 fully saturated rings. The third-order valence-electron chi connectivity index (χ3n) is 4.60. The molecule has 2 aromatic heterocycles. The van der Waals surface area contributed by atoms with E-state index in [-0.39, 0.29) is 5.91 Å². The first-order chi connectivity index (χ1) is 13.2. The molecule has 136 valence electrons. The molecule has 2 aromatic carbocycles. The fourth-order valence-corrected chi connectivity index (χ4v) is 3.12. The van der Waals surface area contributed by atoms with Gasteiger partial charge in [-0.05, 0) is 24.3 Å². The first kappa shape index (κ1) is 17.0. The second-order valence-corrected chi connectivity index (χ2v) is 6.56. The van der Waals surface area contributed by atoms with Crippen molar-refractivity contribution in [1.29, 1.82) is 0 Å². The Bertz CT molecular complexity index is 1050. The van der Waals surface area contributed by atoms with E-state index >= 15 is 0 Å². The molecule has 0 saturated carbocycles. The first-order valence-electron chi connectivity index (χ1n) is 8.93. The maximum Gasteiger partial charge on any atom is 0.224 e. The Morgan fingerprint density at radius 2 is 1.85 bits per heavy atom. The fourth-order valence-electron chi connectivity index (χ4n) is 3.12. The number of hydrogen-bond donors (Lipinski definition) is 0. The number of para-hydroxylation sites is 3. The monoisotopic (exact) mass is 359 g/mol. The molecule has 1 amide bonds. The van der Waals surface area contributed by atoms with Crippen LogP contribution >= 0.6 is 0 Å². The number of benzene rings is 2. The zero-order valence-electron chi connectivity index (χ0n) is 15.2.